The van der Waals surface area contributed by atoms with E-state index in [9.17, 15) is 23.6 Å². The number of carbonyl (C=O) groups is 4. The van der Waals surface area contributed by atoms with Gasteiger partial charge in [0.25, 0.3) is 23.6 Å². The first-order valence-electron chi connectivity index (χ1n) is 32.8. The molecular weight excluding hydrogens is 1220 g/mol. The number of carbonyl (C=O) groups excluding carboxylic acids is 4. The maximum atomic E-state index is 13.5. The highest BCUT2D eigenvalue weighted by molar-refractivity contribution is 6.10. The molecule has 0 atom stereocenters. The summed E-state index contributed by atoms with van der Waals surface area (Å²) in [5.41, 5.74) is 21.7. The number of rotatable bonds is 6. The van der Waals surface area contributed by atoms with Crippen LogP contribution in [0.1, 0.15) is 114 Å². The predicted octanol–water partition coefficient (Wildman–Crippen LogP) is 15.6. The standard InChI is InChI=1S/2C21H20N2O2.C21H20N2O.C20H17FN2O/c1-22-12-11-16-14-23(18-9-5-3-7-15(18)13-19(16)22)21(24)17-8-4-6-10-20(17)25-2;1-22-12-11-17-14-23(19-6-4-3-5-16(19)13-20(17)22)21(24)15-7-9-18(25-2)10-8-15;1-15-6-5-8-17(12-15)21(24)23-14-18-10-11-22(2)20(18)13-16-7-3-4-9-19(16)23;1-22-10-9-16-13-23(20(24)15-6-4-7-17(21)11-15)18-8-3-2-5-14(18)12-19(16)22/h2*3-12H,13-14H2,1-2H3;3-12H,13-14H2,1-2H3;2-11H,12-13H2,1H3. The number of aryl methyl sites for hydroxylation is 5. The van der Waals surface area contributed by atoms with E-state index in [0.717, 1.165) is 82.0 Å². The summed E-state index contributed by atoms with van der Waals surface area (Å²) < 4.78 is 32.7. The van der Waals surface area contributed by atoms with Crippen LogP contribution >= 0.6 is 0 Å². The summed E-state index contributed by atoms with van der Waals surface area (Å²) in [6.45, 7) is 4.26. The van der Waals surface area contributed by atoms with Crippen LogP contribution in [0.25, 0.3) is 0 Å². The van der Waals surface area contributed by atoms with Crippen LogP contribution in [-0.4, -0.2) is 56.1 Å². The highest BCUT2D eigenvalue weighted by atomic mass is 19.1. The van der Waals surface area contributed by atoms with Crippen LogP contribution in [0.2, 0.25) is 0 Å². The van der Waals surface area contributed by atoms with Crippen molar-refractivity contribution in [3.8, 4) is 11.5 Å². The molecule has 0 saturated heterocycles. The maximum Gasteiger partial charge on any atom is 0.262 e. The molecule has 492 valence electrons. The second-order valence-corrected chi connectivity index (χ2v) is 25.2. The molecule has 14 nitrogen and oxygen atoms in total. The van der Waals surface area contributed by atoms with E-state index in [1.54, 1.807) is 31.3 Å². The third-order valence-electron chi connectivity index (χ3n) is 19.0. The van der Waals surface area contributed by atoms with Gasteiger partial charge in [-0.2, -0.15) is 0 Å². The first-order valence-corrected chi connectivity index (χ1v) is 32.8. The highest BCUT2D eigenvalue weighted by Crippen LogP contribution is 2.37. The second kappa shape index (κ2) is 28.3. The Hall–Kier alpha value is -11.7. The van der Waals surface area contributed by atoms with E-state index in [1.165, 1.54) is 62.7 Å². The number of hydrogen-bond donors (Lipinski definition) is 0. The molecule has 0 saturated carbocycles. The molecule has 4 aliphatic heterocycles. The summed E-state index contributed by atoms with van der Waals surface area (Å²) in [4.78, 5) is 60.2. The van der Waals surface area contributed by atoms with Crippen LogP contribution in [0.5, 0.6) is 11.5 Å². The SMILES string of the molecule is COc1ccc(C(=O)N2Cc3ccn(C)c3Cc3ccccc32)cc1.COc1ccccc1C(=O)N1Cc2ccn(C)c2Cc2ccccc21.Cc1cccc(C(=O)N2Cc3ccn(C)c3Cc3ccccc32)c1.Cn1ccc2c1Cc1ccccc1N(C(=O)c1cccc(F)c1)C2. The number of benzene rings is 8. The van der Waals surface area contributed by atoms with Gasteiger partial charge < -0.3 is 47.3 Å². The van der Waals surface area contributed by atoms with E-state index in [-0.39, 0.29) is 23.6 Å². The van der Waals surface area contributed by atoms with Gasteiger partial charge in [-0.15, -0.1) is 0 Å². The fraction of sp³-hybridized carbons (Fsp3) is 0.181. The van der Waals surface area contributed by atoms with E-state index in [0.29, 0.717) is 48.6 Å². The van der Waals surface area contributed by atoms with Crippen molar-refractivity contribution in [3.05, 3.63) is 344 Å². The van der Waals surface area contributed by atoms with Crippen molar-refractivity contribution in [2.75, 3.05) is 33.8 Å². The smallest absolute Gasteiger partial charge is 0.262 e. The topological polar surface area (TPSA) is 119 Å². The molecule has 0 unspecified atom stereocenters. The fourth-order valence-electron chi connectivity index (χ4n) is 13.7. The monoisotopic (exact) mass is 1300 g/mol. The summed E-state index contributed by atoms with van der Waals surface area (Å²) >= 11 is 0. The van der Waals surface area contributed by atoms with Gasteiger partial charge >= 0.3 is 0 Å². The van der Waals surface area contributed by atoms with Gasteiger partial charge in [0.05, 0.1) is 46.0 Å². The average molecular weight is 1300 g/mol. The third-order valence-corrected chi connectivity index (χ3v) is 19.0. The Balaban J connectivity index is 0.000000118. The summed E-state index contributed by atoms with van der Waals surface area (Å²) in [5, 5.41) is 0. The lowest BCUT2D eigenvalue weighted by molar-refractivity contribution is 0.0975. The van der Waals surface area contributed by atoms with Gasteiger partial charge in [-0.05, 0) is 167 Å². The van der Waals surface area contributed by atoms with E-state index in [4.69, 9.17) is 9.47 Å². The van der Waals surface area contributed by atoms with Crippen molar-refractivity contribution in [3.63, 3.8) is 0 Å². The van der Waals surface area contributed by atoms with Crippen LogP contribution in [0.15, 0.2) is 243 Å². The van der Waals surface area contributed by atoms with Crippen LogP contribution in [0.4, 0.5) is 27.1 Å². The molecule has 0 bridgehead atoms. The number of nitrogens with zero attached hydrogens (tertiary/aromatic N) is 8. The van der Waals surface area contributed by atoms with E-state index in [2.05, 4.69) is 100 Å². The van der Waals surface area contributed by atoms with Crippen LogP contribution in [-0.2, 0) is 80.1 Å². The minimum atomic E-state index is -0.399. The first-order chi connectivity index (χ1) is 47.6. The molecular formula is C83H77FN8O6. The summed E-state index contributed by atoms with van der Waals surface area (Å²) in [6, 6.07) is 69.2. The molecule has 4 aliphatic rings. The number of anilines is 4. The Kier molecular flexibility index (Phi) is 18.8. The molecule has 0 radical (unpaired) electrons. The average Bonchev–Trinajstić information content (AvgIpc) is 1.64. The normalized spacial score (nSPS) is 13.1. The van der Waals surface area contributed by atoms with Crippen molar-refractivity contribution in [1.29, 1.82) is 0 Å². The third kappa shape index (κ3) is 13.3. The Labute approximate surface area is 571 Å². The van der Waals surface area contributed by atoms with E-state index >= 15 is 0 Å². The number of methoxy groups -OCH3 is 2. The zero-order chi connectivity index (χ0) is 68.1. The molecule has 15 heteroatoms. The molecule has 16 rings (SSSR count). The number of para-hydroxylation sites is 5. The lowest BCUT2D eigenvalue weighted by atomic mass is 10.1. The van der Waals surface area contributed by atoms with E-state index < -0.39 is 5.82 Å². The van der Waals surface area contributed by atoms with Crippen LogP contribution in [0, 0.1) is 12.7 Å². The van der Waals surface area contributed by atoms with Gasteiger partial charge in [-0.25, -0.2) is 4.39 Å². The van der Waals surface area contributed by atoms with Gasteiger partial charge in [-0.1, -0.05) is 109 Å². The fourth-order valence-corrected chi connectivity index (χ4v) is 13.7. The molecule has 8 heterocycles. The predicted molar refractivity (Wildman–Crippen MR) is 384 cm³/mol. The Bertz CT molecular complexity index is 4800. The number of halogens is 1. The summed E-state index contributed by atoms with van der Waals surface area (Å²) in [5.74, 6) is 0.792. The first kappa shape index (κ1) is 65.0. The molecule has 0 aliphatic carbocycles. The summed E-state index contributed by atoms with van der Waals surface area (Å²) in [7, 11) is 11.4. The van der Waals surface area contributed by atoms with Crippen molar-refractivity contribution in [2.24, 2.45) is 28.2 Å². The molecule has 0 fully saturated rings. The van der Waals surface area contributed by atoms with Gasteiger partial charge in [0, 0.05) is 141 Å². The van der Waals surface area contributed by atoms with Crippen LogP contribution in [0.3, 0.4) is 0 Å². The molecule has 0 spiro atoms. The molecule has 8 aromatic carbocycles. The van der Waals surface area contributed by atoms with Gasteiger partial charge in [0.1, 0.15) is 17.3 Å². The lowest BCUT2D eigenvalue weighted by Crippen LogP contribution is -2.30. The Morgan fingerprint density at radius 2 is 0.684 bits per heavy atom. The van der Waals surface area contributed by atoms with Crippen LogP contribution < -0.4 is 29.1 Å². The molecule has 4 amide bonds. The molecule has 4 aromatic heterocycles. The Morgan fingerprint density at radius 1 is 0.337 bits per heavy atom. The number of aromatic nitrogens is 4. The minimum absolute atomic E-state index is 0.00630. The summed E-state index contributed by atoms with van der Waals surface area (Å²) in [6.07, 6.45) is 11.5. The van der Waals surface area contributed by atoms with Gasteiger partial charge in [0.15, 0.2) is 0 Å². The minimum Gasteiger partial charge on any atom is -0.497 e. The van der Waals surface area contributed by atoms with Crippen molar-refractivity contribution >= 4 is 46.4 Å². The molecule has 12 aromatic rings. The van der Waals surface area contributed by atoms with Gasteiger partial charge in [0.2, 0.25) is 0 Å². The van der Waals surface area contributed by atoms with E-state index in [1.807, 2.05) is 187 Å². The quantitative estimate of drug-likeness (QED) is 0.164. The second-order valence-electron chi connectivity index (χ2n) is 25.2. The Morgan fingerprint density at radius 3 is 1.06 bits per heavy atom. The molecule has 98 heavy (non-hydrogen) atoms. The maximum absolute atomic E-state index is 13.5. The van der Waals surface area contributed by atoms with Crippen molar-refractivity contribution in [2.45, 2.75) is 58.8 Å². The lowest BCUT2D eigenvalue weighted by Gasteiger charge is -2.24. The zero-order valence-corrected chi connectivity index (χ0v) is 56.2. The number of fused-ring (bicyclic) bond motifs is 8. The zero-order valence-electron chi connectivity index (χ0n) is 56.2. The molecule has 0 N–H and O–H groups in total. The number of amides is 4. The van der Waals surface area contributed by atoms with Gasteiger partial charge in [-0.3, -0.25) is 19.2 Å². The van der Waals surface area contributed by atoms with Crippen molar-refractivity contribution < 1.29 is 33.0 Å². The van der Waals surface area contributed by atoms with Crippen molar-refractivity contribution in [1.82, 2.24) is 18.3 Å². The highest BCUT2D eigenvalue weighted by Gasteiger charge is 2.31. The largest absolute Gasteiger partial charge is 0.497 e. The number of ether oxygens (including phenoxy) is 2. The number of hydrogen-bond acceptors (Lipinski definition) is 6.